The van der Waals surface area contributed by atoms with Gasteiger partial charge >= 0.3 is 0 Å². The molecule has 1 saturated carbocycles. The van der Waals surface area contributed by atoms with E-state index in [4.69, 9.17) is 0 Å². The largest absolute Gasteiger partial charge is 0.264 e. The quantitative estimate of drug-likeness (QED) is 0.550. The van der Waals surface area contributed by atoms with Crippen molar-refractivity contribution in [3.05, 3.63) is 46.0 Å². The van der Waals surface area contributed by atoms with Gasteiger partial charge in [0.1, 0.15) is 0 Å². The third-order valence-electron chi connectivity index (χ3n) is 3.60. The smallest absolute Gasteiger partial charge is 0.222 e. The van der Waals surface area contributed by atoms with Gasteiger partial charge in [0, 0.05) is 11.3 Å². The van der Waals surface area contributed by atoms with Crippen LogP contribution in [0.5, 0.6) is 0 Å². The Kier molecular flexibility index (Phi) is 2.47. The molecule has 0 radical (unpaired) electrons. The molecule has 3 nitrogen and oxygen atoms in total. The molecule has 0 amide bonds. The van der Waals surface area contributed by atoms with Crippen molar-refractivity contribution in [2.75, 3.05) is 0 Å². The second-order valence-corrected chi connectivity index (χ2v) is 4.48. The molecule has 1 fully saturated rings. The van der Waals surface area contributed by atoms with E-state index in [1.54, 1.807) is 0 Å². The van der Waals surface area contributed by atoms with Crippen LogP contribution in [0.25, 0.3) is 0 Å². The van der Waals surface area contributed by atoms with Gasteiger partial charge < -0.3 is 0 Å². The van der Waals surface area contributed by atoms with Gasteiger partial charge in [-0.3, -0.25) is 10.1 Å². The van der Waals surface area contributed by atoms with Crippen LogP contribution >= 0.6 is 0 Å². The molecule has 80 valence electrons. The lowest BCUT2D eigenvalue weighted by molar-refractivity contribution is -0.530. The van der Waals surface area contributed by atoms with Crippen LogP contribution in [0, 0.1) is 10.1 Å². The number of rotatable bonds is 2. The minimum atomic E-state index is -0.417. The summed E-state index contributed by atoms with van der Waals surface area (Å²) in [5, 5.41) is 11.0. The first-order valence-corrected chi connectivity index (χ1v) is 5.33. The van der Waals surface area contributed by atoms with Crippen LogP contribution in [0.3, 0.4) is 0 Å². The molecule has 0 aromatic heterocycles. The fraction of sp³-hybridized carbons (Fsp3) is 0.500. The number of nitrogens with zero attached hydrogens (tertiary/aromatic N) is 1. The van der Waals surface area contributed by atoms with Crippen molar-refractivity contribution >= 4 is 0 Å². The van der Waals surface area contributed by atoms with Gasteiger partial charge in [-0.2, -0.15) is 0 Å². The zero-order valence-electron chi connectivity index (χ0n) is 8.85. The number of nitro groups is 1. The van der Waals surface area contributed by atoms with Crippen molar-refractivity contribution in [3.63, 3.8) is 0 Å². The lowest BCUT2D eigenvalue weighted by Crippen LogP contribution is -2.37. The molecule has 2 atom stereocenters. The molecule has 15 heavy (non-hydrogen) atoms. The van der Waals surface area contributed by atoms with Crippen LogP contribution in [-0.4, -0.2) is 11.0 Å². The Balaban J connectivity index is 2.37. The van der Waals surface area contributed by atoms with E-state index in [-0.39, 0.29) is 10.3 Å². The molecule has 2 rings (SSSR count). The minimum Gasteiger partial charge on any atom is -0.264 e. The molecule has 0 N–H and O–H groups in total. The predicted octanol–water partition coefficient (Wildman–Crippen LogP) is 2.77. The molecule has 1 aliphatic rings. The SMILES string of the molecule is CC1(c2ccccc2)CCCC1[N+](=O)[O-]. The van der Waals surface area contributed by atoms with E-state index in [1.807, 2.05) is 37.3 Å². The Morgan fingerprint density at radius 1 is 1.40 bits per heavy atom. The summed E-state index contributed by atoms with van der Waals surface area (Å²) >= 11 is 0. The summed E-state index contributed by atoms with van der Waals surface area (Å²) in [4.78, 5) is 10.9. The molecular formula is C12H15NO2. The van der Waals surface area contributed by atoms with Crippen LogP contribution < -0.4 is 0 Å². The zero-order chi connectivity index (χ0) is 10.9. The molecular weight excluding hydrogens is 190 g/mol. The van der Waals surface area contributed by atoms with Gasteiger partial charge in [0.15, 0.2) is 0 Å². The van der Waals surface area contributed by atoms with Gasteiger partial charge in [0.05, 0.1) is 5.41 Å². The molecule has 0 saturated heterocycles. The summed E-state index contributed by atoms with van der Waals surface area (Å²) in [5.41, 5.74) is 0.828. The van der Waals surface area contributed by atoms with E-state index in [1.165, 1.54) is 0 Å². The summed E-state index contributed by atoms with van der Waals surface area (Å²) < 4.78 is 0. The molecule has 2 unspecified atom stereocenters. The highest BCUT2D eigenvalue weighted by atomic mass is 16.6. The van der Waals surface area contributed by atoms with E-state index >= 15 is 0 Å². The highest BCUT2D eigenvalue weighted by Gasteiger charge is 2.47. The van der Waals surface area contributed by atoms with Gasteiger partial charge in [-0.25, -0.2) is 0 Å². The maximum atomic E-state index is 11.0. The van der Waals surface area contributed by atoms with Gasteiger partial charge in [-0.05, 0) is 25.3 Å². The maximum absolute atomic E-state index is 11.0. The van der Waals surface area contributed by atoms with E-state index in [0.29, 0.717) is 6.42 Å². The summed E-state index contributed by atoms with van der Waals surface area (Å²) in [6.45, 7) is 2.02. The summed E-state index contributed by atoms with van der Waals surface area (Å²) in [7, 11) is 0. The first kappa shape index (κ1) is 10.1. The second-order valence-electron chi connectivity index (χ2n) is 4.48. The van der Waals surface area contributed by atoms with Gasteiger partial charge in [0.2, 0.25) is 6.04 Å². The van der Waals surface area contributed by atoms with Gasteiger partial charge in [-0.1, -0.05) is 30.3 Å². The fourth-order valence-electron chi connectivity index (χ4n) is 2.64. The van der Waals surface area contributed by atoms with Gasteiger partial charge in [0.25, 0.3) is 0 Å². The maximum Gasteiger partial charge on any atom is 0.222 e. The van der Waals surface area contributed by atoms with Crippen molar-refractivity contribution in [3.8, 4) is 0 Å². The number of hydrogen-bond donors (Lipinski definition) is 0. The van der Waals surface area contributed by atoms with Crippen LogP contribution in [-0.2, 0) is 5.41 Å². The van der Waals surface area contributed by atoms with Gasteiger partial charge in [-0.15, -0.1) is 0 Å². The summed E-state index contributed by atoms with van der Waals surface area (Å²) in [6, 6.07) is 9.44. The van der Waals surface area contributed by atoms with Crippen LogP contribution in [0.4, 0.5) is 0 Å². The van der Waals surface area contributed by atoms with Crippen LogP contribution in [0.15, 0.2) is 30.3 Å². The molecule has 0 heterocycles. The lowest BCUT2D eigenvalue weighted by Gasteiger charge is -2.26. The van der Waals surface area contributed by atoms with Crippen molar-refractivity contribution < 1.29 is 4.92 Å². The Hall–Kier alpha value is -1.38. The molecule has 0 aliphatic heterocycles. The predicted molar refractivity (Wildman–Crippen MR) is 58.4 cm³/mol. The normalized spacial score (nSPS) is 30.3. The zero-order valence-corrected chi connectivity index (χ0v) is 8.85. The standard InChI is InChI=1S/C12H15NO2/c1-12(10-6-3-2-4-7-10)9-5-8-11(12)13(14)15/h2-4,6-7,11H,5,8-9H2,1H3. The van der Waals surface area contributed by atoms with E-state index in [0.717, 1.165) is 18.4 Å². The monoisotopic (exact) mass is 205 g/mol. The summed E-state index contributed by atoms with van der Waals surface area (Å²) in [6.07, 6.45) is 2.58. The van der Waals surface area contributed by atoms with Crippen molar-refractivity contribution in [2.24, 2.45) is 0 Å². The average Bonchev–Trinajstić information content (AvgIpc) is 2.63. The topological polar surface area (TPSA) is 43.1 Å². The Morgan fingerprint density at radius 3 is 2.67 bits per heavy atom. The molecule has 1 aromatic carbocycles. The molecule has 0 bridgehead atoms. The third-order valence-corrected chi connectivity index (χ3v) is 3.60. The minimum absolute atomic E-state index is 0.111. The fourth-order valence-corrected chi connectivity index (χ4v) is 2.64. The number of benzene rings is 1. The lowest BCUT2D eigenvalue weighted by atomic mass is 9.78. The van der Waals surface area contributed by atoms with E-state index in [9.17, 15) is 10.1 Å². The molecule has 1 aliphatic carbocycles. The Morgan fingerprint density at radius 2 is 2.07 bits per heavy atom. The first-order chi connectivity index (χ1) is 7.14. The first-order valence-electron chi connectivity index (χ1n) is 5.33. The van der Waals surface area contributed by atoms with Crippen LogP contribution in [0.2, 0.25) is 0 Å². The molecule has 3 heteroatoms. The Bertz CT molecular complexity index is 363. The third kappa shape index (κ3) is 1.62. The summed E-state index contributed by atoms with van der Waals surface area (Å²) in [5.74, 6) is 0. The highest BCUT2D eigenvalue weighted by molar-refractivity contribution is 5.27. The van der Waals surface area contributed by atoms with Crippen molar-refractivity contribution in [1.82, 2.24) is 0 Å². The highest BCUT2D eigenvalue weighted by Crippen LogP contribution is 2.42. The molecule has 1 aromatic rings. The Labute approximate surface area is 89.3 Å². The number of hydrogen-bond acceptors (Lipinski definition) is 2. The van der Waals surface area contributed by atoms with Crippen molar-refractivity contribution in [2.45, 2.75) is 37.6 Å². The average molecular weight is 205 g/mol. The van der Waals surface area contributed by atoms with Crippen LogP contribution in [0.1, 0.15) is 31.7 Å². The van der Waals surface area contributed by atoms with E-state index < -0.39 is 6.04 Å². The van der Waals surface area contributed by atoms with Crippen molar-refractivity contribution in [1.29, 1.82) is 0 Å². The second kappa shape index (κ2) is 3.65. The van der Waals surface area contributed by atoms with E-state index in [2.05, 4.69) is 0 Å². The molecule has 0 spiro atoms.